The lowest BCUT2D eigenvalue weighted by Crippen LogP contribution is -2.41. The third-order valence-corrected chi connectivity index (χ3v) is 2.64. The van der Waals surface area contributed by atoms with Crippen molar-refractivity contribution < 1.29 is 19.8 Å². The van der Waals surface area contributed by atoms with Crippen LogP contribution in [-0.4, -0.2) is 46.2 Å². The monoisotopic (exact) mass is 229 g/mol. The van der Waals surface area contributed by atoms with Gasteiger partial charge in [0.25, 0.3) is 0 Å². The van der Waals surface area contributed by atoms with Crippen molar-refractivity contribution in [3.63, 3.8) is 0 Å². The second-order valence-corrected chi connectivity index (χ2v) is 4.61. The first-order valence-electron chi connectivity index (χ1n) is 5.61. The molecule has 0 saturated heterocycles. The highest BCUT2D eigenvalue weighted by Gasteiger charge is 2.34. The van der Waals surface area contributed by atoms with Gasteiger partial charge in [-0.2, -0.15) is 0 Å². The zero-order valence-electron chi connectivity index (χ0n) is 9.72. The fraction of sp³-hybridized carbons (Fsp3) is 0.818. The Kier molecular flexibility index (Phi) is 4.29. The number of carbonyl (C=O) groups is 2. The molecule has 1 rings (SSSR count). The van der Waals surface area contributed by atoms with Gasteiger partial charge in [0.05, 0.1) is 12.0 Å². The third-order valence-electron chi connectivity index (χ3n) is 2.64. The maximum atomic E-state index is 11.8. The lowest BCUT2D eigenvalue weighted by molar-refractivity contribution is -0.143. The van der Waals surface area contributed by atoms with Gasteiger partial charge in [-0.25, -0.2) is 0 Å². The number of nitrogens with zero attached hydrogens (tertiary/aromatic N) is 1. The van der Waals surface area contributed by atoms with E-state index in [9.17, 15) is 14.7 Å². The Bertz CT molecular complexity index is 273. The van der Waals surface area contributed by atoms with Crippen LogP contribution < -0.4 is 0 Å². The summed E-state index contributed by atoms with van der Waals surface area (Å²) < 4.78 is 0. The van der Waals surface area contributed by atoms with Gasteiger partial charge in [-0.05, 0) is 19.8 Å². The molecule has 1 aliphatic rings. The Balaban J connectivity index is 2.55. The van der Waals surface area contributed by atoms with E-state index in [0.717, 1.165) is 12.8 Å². The molecule has 0 aromatic carbocycles. The number of hydrogen-bond donors (Lipinski definition) is 2. The van der Waals surface area contributed by atoms with Gasteiger partial charge in [0.1, 0.15) is 0 Å². The summed E-state index contributed by atoms with van der Waals surface area (Å²) in [6.45, 7) is 3.55. The molecule has 0 aromatic heterocycles. The normalized spacial score (nSPS) is 18.9. The summed E-state index contributed by atoms with van der Waals surface area (Å²) >= 11 is 0. The summed E-state index contributed by atoms with van der Waals surface area (Å²) in [7, 11) is 0. The van der Waals surface area contributed by atoms with E-state index in [4.69, 9.17) is 5.11 Å². The number of aliphatic hydroxyl groups is 1. The number of hydrogen-bond acceptors (Lipinski definition) is 3. The minimum atomic E-state index is -0.917. The molecule has 1 saturated carbocycles. The minimum Gasteiger partial charge on any atom is -0.481 e. The Morgan fingerprint density at radius 2 is 1.88 bits per heavy atom. The minimum absolute atomic E-state index is 0.0194. The summed E-state index contributed by atoms with van der Waals surface area (Å²) in [6.07, 6.45) is 1.15. The van der Waals surface area contributed by atoms with Crippen LogP contribution in [0.4, 0.5) is 0 Å². The molecule has 5 nitrogen and oxygen atoms in total. The molecule has 0 spiro atoms. The van der Waals surface area contributed by atoms with Gasteiger partial charge in [-0.3, -0.25) is 9.59 Å². The van der Waals surface area contributed by atoms with Gasteiger partial charge in [0.15, 0.2) is 0 Å². The largest absolute Gasteiger partial charge is 0.481 e. The first-order valence-corrected chi connectivity index (χ1v) is 5.61. The predicted octanol–water partition coefficient (Wildman–Crippen LogP) is 0.326. The average molecular weight is 229 g/mol. The number of carbonyl (C=O) groups excluding carboxylic acids is 1. The Morgan fingerprint density at radius 1 is 1.31 bits per heavy atom. The van der Waals surface area contributed by atoms with E-state index < -0.39 is 18.0 Å². The fourth-order valence-electron chi connectivity index (χ4n) is 1.57. The number of rotatable bonds is 6. The van der Waals surface area contributed by atoms with E-state index in [0.29, 0.717) is 0 Å². The maximum Gasteiger partial charge on any atom is 0.308 e. The van der Waals surface area contributed by atoms with Crippen LogP contribution in [0.25, 0.3) is 0 Å². The molecule has 16 heavy (non-hydrogen) atoms. The molecule has 1 fully saturated rings. The first-order chi connectivity index (χ1) is 7.41. The predicted molar refractivity (Wildman–Crippen MR) is 57.8 cm³/mol. The zero-order chi connectivity index (χ0) is 12.3. The van der Waals surface area contributed by atoms with Crippen molar-refractivity contribution in [2.24, 2.45) is 11.8 Å². The molecule has 1 aliphatic carbocycles. The van der Waals surface area contributed by atoms with Crippen LogP contribution in [0.15, 0.2) is 0 Å². The summed E-state index contributed by atoms with van der Waals surface area (Å²) in [5.41, 5.74) is 0. The number of aliphatic hydroxyl groups excluding tert-OH is 1. The van der Waals surface area contributed by atoms with Gasteiger partial charge in [-0.1, -0.05) is 6.92 Å². The highest BCUT2D eigenvalue weighted by atomic mass is 16.4. The highest BCUT2D eigenvalue weighted by molar-refractivity contribution is 5.81. The van der Waals surface area contributed by atoms with Gasteiger partial charge in [0, 0.05) is 19.0 Å². The average Bonchev–Trinajstić information content (AvgIpc) is 2.97. The van der Waals surface area contributed by atoms with Crippen molar-refractivity contribution in [1.82, 2.24) is 4.90 Å². The second-order valence-electron chi connectivity index (χ2n) is 4.61. The summed E-state index contributed by atoms with van der Waals surface area (Å²) in [5, 5.41) is 18.1. The number of aliphatic carboxylic acids is 1. The van der Waals surface area contributed by atoms with E-state index >= 15 is 0 Å². The van der Waals surface area contributed by atoms with Crippen LogP contribution in [0, 0.1) is 11.8 Å². The van der Waals surface area contributed by atoms with E-state index in [1.54, 1.807) is 13.8 Å². The second kappa shape index (κ2) is 5.30. The Hall–Kier alpha value is -1.10. The quantitative estimate of drug-likeness (QED) is 0.688. The van der Waals surface area contributed by atoms with Gasteiger partial charge < -0.3 is 15.1 Å². The lowest BCUT2D eigenvalue weighted by Gasteiger charge is -2.25. The fourth-order valence-corrected chi connectivity index (χ4v) is 1.57. The van der Waals surface area contributed by atoms with Crippen LogP contribution in [0.1, 0.15) is 26.7 Å². The number of carboxylic acid groups (broad SMARTS) is 1. The van der Waals surface area contributed by atoms with Crippen molar-refractivity contribution in [2.45, 2.75) is 32.8 Å². The van der Waals surface area contributed by atoms with Crippen LogP contribution in [0.5, 0.6) is 0 Å². The molecule has 2 N–H and O–H groups in total. The van der Waals surface area contributed by atoms with E-state index in [2.05, 4.69) is 0 Å². The highest BCUT2D eigenvalue weighted by Crippen LogP contribution is 2.31. The van der Waals surface area contributed by atoms with Crippen molar-refractivity contribution in [1.29, 1.82) is 0 Å². The molecule has 0 aromatic rings. The molecular weight excluding hydrogens is 210 g/mol. The Labute approximate surface area is 95.1 Å². The zero-order valence-corrected chi connectivity index (χ0v) is 9.72. The standard InChI is InChI=1S/C11H19NO4/c1-7(11(15)16)5-12(6-8(2)13)10(14)9-3-4-9/h7-9,13H,3-6H2,1-2H3,(H,15,16). The lowest BCUT2D eigenvalue weighted by atomic mass is 10.1. The van der Waals surface area contributed by atoms with E-state index in [1.807, 2.05) is 0 Å². The van der Waals surface area contributed by atoms with Gasteiger partial charge >= 0.3 is 5.97 Å². The molecule has 0 radical (unpaired) electrons. The molecule has 5 heteroatoms. The molecule has 2 atom stereocenters. The Morgan fingerprint density at radius 3 is 2.25 bits per heavy atom. The van der Waals surface area contributed by atoms with E-state index in [-0.39, 0.29) is 24.9 Å². The number of amides is 1. The molecule has 2 unspecified atom stereocenters. The summed E-state index contributed by atoms with van der Waals surface area (Å²) in [6, 6.07) is 0. The van der Waals surface area contributed by atoms with Crippen molar-refractivity contribution in [3.8, 4) is 0 Å². The molecule has 0 aliphatic heterocycles. The maximum absolute atomic E-state index is 11.8. The van der Waals surface area contributed by atoms with E-state index in [1.165, 1.54) is 4.90 Å². The number of carboxylic acids is 1. The van der Waals surface area contributed by atoms with Gasteiger partial charge in [-0.15, -0.1) is 0 Å². The molecule has 1 amide bonds. The first kappa shape index (κ1) is 13.0. The molecule has 0 bridgehead atoms. The van der Waals surface area contributed by atoms with Crippen LogP contribution in [0.3, 0.4) is 0 Å². The van der Waals surface area contributed by atoms with Crippen molar-refractivity contribution in [3.05, 3.63) is 0 Å². The van der Waals surface area contributed by atoms with Crippen LogP contribution >= 0.6 is 0 Å². The SMILES string of the molecule is CC(O)CN(CC(C)C(=O)O)C(=O)C1CC1. The van der Waals surface area contributed by atoms with Crippen LogP contribution in [-0.2, 0) is 9.59 Å². The van der Waals surface area contributed by atoms with Crippen LogP contribution in [0.2, 0.25) is 0 Å². The van der Waals surface area contributed by atoms with Gasteiger partial charge in [0.2, 0.25) is 5.91 Å². The third kappa shape index (κ3) is 3.81. The summed E-state index contributed by atoms with van der Waals surface area (Å²) in [4.78, 5) is 24.0. The smallest absolute Gasteiger partial charge is 0.308 e. The topological polar surface area (TPSA) is 77.8 Å². The van der Waals surface area contributed by atoms with Crippen molar-refractivity contribution in [2.75, 3.05) is 13.1 Å². The molecular formula is C11H19NO4. The molecule has 0 heterocycles. The van der Waals surface area contributed by atoms with Crippen molar-refractivity contribution >= 4 is 11.9 Å². The summed E-state index contributed by atoms with van der Waals surface area (Å²) in [5.74, 6) is -1.48. The molecule has 92 valence electrons.